The summed E-state index contributed by atoms with van der Waals surface area (Å²) in [5.74, 6) is -0.302. The number of carbonyl (C=O) groups excluding carboxylic acids is 2. The summed E-state index contributed by atoms with van der Waals surface area (Å²) in [6, 6.07) is 13.3. The highest BCUT2D eigenvalue weighted by Gasteiger charge is 2.27. The number of nitrogens with zero attached hydrogens (tertiary/aromatic N) is 7. The van der Waals surface area contributed by atoms with Crippen LogP contribution in [0.5, 0.6) is 0 Å². The maximum Gasteiger partial charge on any atom is 0.235 e. The lowest BCUT2D eigenvalue weighted by molar-refractivity contribution is -0.118. The minimum absolute atomic E-state index is 0.0211. The van der Waals surface area contributed by atoms with Crippen LogP contribution in [0.1, 0.15) is 47.3 Å². The third-order valence-corrected chi connectivity index (χ3v) is 6.79. The number of benzene rings is 1. The van der Waals surface area contributed by atoms with Crippen LogP contribution >= 0.6 is 11.8 Å². The van der Waals surface area contributed by atoms with Crippen molar-refractivity contribution in [2.24, 2.45) is 5.73 Å². The van der Waals surface area contributed by atoms with Gasteiger partial charge in [-0.2, -0.15) is 10.5 Å². The first-order chi connectivity index (χ1) is 17.4. The van der Waals surface area contributed by atoms with E-state index in [0.29, 0.717) is 47.8 Å². The van der Waals surface area contributed by atoms with E-state index >= 15 is 0 Å². The zero-order valence-corrected chi connectivity index (χ0v) is 20.9. The number of rotatable bonds is 12. The lowest BCUT2D eigenvalue weighted by atomic mass is 10.0. The van der Waals surface area contributed by atoms with Crippen LogP contribution in [0, 0.1) is 22.7 Å². The molecule has 0 aliphatic heterocycles. The summed E-state index contributed by atoms with van der Waals surface area (Å²) in [7, 11) is 1.68. The van der Waals surface area contributed by atoms with Gasteiger partial charge < -0.3 is 15.2 Å². The topological polar surface area (TPSA) is 155 Å². The number of carbonyl (C=O) groups is 2. The Hall–Kier alpha value is -4.22. The average molecular weight is 503 g/mol. The number of thioether (sulfide) groups is 1. The van der Waals surface area contributed by atoms with Crippen LogP contribution in [0.4, 0.5) is 5.82 Å². The molecule has 1 atom stereocenters. The van der Waals surface area contributed by atoms with Crippen LogP contribution in [0.2, 0.25) is 0 Å². The Morgan fingerprint density at radius 3 is 2.39 bits per heavy atom. The van der Waals surface area contributed by atoms with Crippen LogP contribution in [-0.2, 0) is 22.6 Å². The molecule has 0 fully saturated rings. The Morgan fingerprint density at radius 2 is 1.81 bits per heavy atom. The standard InChI is InChI=1S/C25H26N8O2S/c1-3-19-20(12-26)24(32(2)14-18(34)10-7-11-33-15-29-30-16-33)31-25(21(19)13-27)36-22(23(28)35)17-8-5-4-6-9-17/h4-6,8-9,15-16,22H,3,7,10-11,14H2,1-2H3,(H2,28,35). The van der Waals surface area contributed by atoms with Crippen LogP contribution in [0.15, 0.2) is 48.0 Å². The number of hydrogen-bond donors (Lipinski definition) is 1. The number of hydrogen-bond acceptors (Lipinski definition) is 9. The van der Waals surface area contributed by atoms with Gasteiger partial charge in [-0.3, -0.25) is 9.59 Å². The van der Waals surface area contributed by atoms with Gasteiger partial charge in [-0.05, 0) is 24.0 Å². The number of nitriles is 2. The third kappa shape index (κ3) is 6.26. The lowest BCUT2D eigenvalue weighted by Gasteiger charge is -2.23. The smallest absolute Gasteiger partial charge is 0.235 e. The number of aromatic nitrogens is 4. The molecule has 3 rings (SSSR count). The minimum Gasteiger partial charge on any atom is -0.368 e. The number of aryl methyl sites for hydroxylation is 1. The number of nitrogens with two attached hydrogens (primary N) is 1. The van der Waals surface area contributed by atoms with E-state index in [0.717, 1.165) is 11.8 Å². The Morgan fingerprint density at radius 1 is 1.14 bits per heavy atom. The summed E-state index contributed by atoms with van der Waals surface area (Å²) in [6.45, 7) is 2.50. The molecular weight excluding hydrogens is 476 g/mol. The summed E-state index contributed by atoms with van der Waals surface area (Å²) < 4.78 is 1.80. The molecule has 0 spiro atoms. The van der Waals surface area contributed by atoms with E-state index in [1.165, 1.54) is 0 Å². The van der Waals surface area contributed by atoms with Gasteiger partial charge in [-0.25, -0.2) is 4.98 Å². The fraction of sp³-hybridized carbons (Fsp3) is 0.320. The van der Waals surface area contributed by atoms with Gasteiger partial charge >= 0.3 is 0 Å². The molecule has 0 bridgehead atoms. The fourth-order valence-corrected chi connectivity index (χ4v) is 4.85. The summed E-state index contributed by atoms with van der Waals surface area (Å²) in [5.41, 5.74) is 7.38. The number of Topliss-reactive ketones (excluding diaryl/α,β-unsaturated/α-hetero) is 1. The van der Waals surface area contributed by atoms with Crippen molar-refractivity contribution in [2.45, 2.75) is 43.0 Å². The van der Waals surface area contributed by atoms with Gasteiger partial charge in [0, 0.05) is 20.0 Å². The largest absolute Gasteiger partial charge is 0.368 e. The van der Waals surface area contributed by atoms with Crippen molar-refractivity contribution in [3.8, 4) is 12.1 Å². The monoisotopic (exact) mass is 502 g/mol. The van der Waals surface area contributed by atoms with E-state index in [4.69, 9.17) is 5.73 Å². The summed E-state index contributed by atoms with van der Waals surface area (Å²) in [6.07, 6.45) is 4.55. The van der Waals surface area contributed by atoms with E-state index in [-0.39, 0.29) is 23.5 Å². The first-order valence-electron chi connectivity index (χ1n) is 11.3. The molecule has 0 saturated heterocycles. The van der Waals surface area contributed by atoms with Gasteiger partial charge in [-0.1, -0.05) is 49.0 Å². The molecule has 0 radical (unpaired) electrons. The number of amides is 1. The SMILES string of the molecule is CCc1c(C#N)c(SC(C(N)=O)c2ccccc2)nc(N(C)CC(=O)CCCn2cnnc2)c1C#N. The highest BCUT2D eigenvalue weighted by molar-refractivity contribution is 8.00. The highest BCUT2D eigenvalue weighted by Crippen LogP contribution is 2.39. The van der Waals surface area contributed by atoms with Gasteiger partial charge in [0.05, 0.1) is 17.7 Å². The molecule has 11 heteroatoms. The number of pyridine rings is 1. The molecule has 0 aliphatic rings. The maximum atomic E-state index is 12.7. The molecular formula is C25H26N8O2S. The number of likely N-dealkylation sites (N-methyl/N-ethyl adjacent to an activating group) is 1. The first-order valence-corrected chi connectivity index (χ1v) is 12.2. The van der Waals surface area contributed by atoms with Crippen LogP contribution in [0.25, 0.3) is 0 Å². The third-order valence-electron chi connectivity index (χ3n) is 5.53. The van der Waals surface area contributed by atoms with Crippen LogP contribution in [-0.4, -0.2) is 45.0 Å². The van der Waals surface area contributed by atoms with Gasteiger partial charge in [0.2, 0.25) is 5.91 Å². The van der Waals surface area contributed by atoms with Gasteiger partial charge in [-0.15, -0.1) is 10.2 Å². The molecule has 1 amide bonds. The second-order valence-corrected chi connectivity index (χ2v) is 9.15. The van der Waals surface area contributed by atoms with Crippen molar-refractivity contribution in [2.75, 3.05) is 18.5 Å². The van der Waals surface area contributed by atoms with E-state index < -0.39 is 11.2 Å². The van der Waals surface area contributed by atoms with Gasteiger partial charge in [0.25, 0.3) is 0 Å². The van der Waals surface area contributed by atoms with Crippen LogP contribution in [0.3, 0.4) is 0 Å². The Kier molecular flexibility index (Phi) is 9.14. The van der Waals surface area contributed by atoms with E-state index in [1.54, 1.807) is 53.4 Å². The van der Waals surface area contributed by atoms with E-state index in [1.807, 2.05) is 13.0 Å². The maximum absolute atomic E-state index is 12.7. The molecule has 1 unspecified atom stereocenters. The molecule has 2 heterocycles. The predicted molar refractivity (Wildman–Crippen MR) is 135 cm³/mol. The molecule has 0 saturated carbocycles. The summed E-state index contributed by atoms with van der Waals surface area (Å²) in [4.78, 5) is 31.2. The number of primary amides is 1. The minimum atomic E-state index is -0.777. The van der Waals surface area contributed by atoms with E-state index in [9.17, 15) is 20.1 Å². The second-order valence-electron chi connectivity index (χ2n) is 8.06. The van der Waals surface area contributed by atoms with Gasteiger partial charge in [0.1, 0.15) is 40.9 Å². The highest BCUT2D eigenvalue weighted by atomic mass is 32.2. The number of ketones is 1. The van der Waals surface area contributed by atoms with Crippen molar-refractivity contribution >= 4 is 29.3 Å². The summed E-state index contributed by atoms with van der Waals surface area (Å²) >= 11 is 1.07. The van der Waals surface area contributed by atoms with Crippen molar-refractivity contribution in [1.29, 1.82) is 10.5 Å². The van der Waals surface area contributed by atoms with Crippen molar-refractivity contribution in [1.82, 2.24) is 19.7 Å². The lowest BCUT2D eigenvalue weighted by Crippen LogP contribution is -2.28. The molecule has 1 aromatic carbocycles. The van der Waals surface area contributed by atoms with E-state index in [2.05, 4.69) is 27.3 Å². The van der Waals surface area contributed by atoms with Crippen molar-refractivity contribution in [3.63, 3.8) is 0 Å². The average Bonchev–Trinajstić information content (AvgIpc) is 3.40. The molecule has 36 heavy (non-hydrogen) atoms. The van der Waals surface area contributed by atoms with Crippen LogP contribution < -0.4 is 10.6 Å². The second kappa shape index (κ2) is 12.5. The Bertz CT molecular complexity index is 1300. The zero-order valence-electron chi connectivity index (χ0n) is 20.1. The fourth-order valence-electron chi connectivity index (χ4n) is 3.79. The summed E-state index contributed by atoms with van der Waals surface area (Å²) in [5, 5.41) is 26.8. The normalized spacial score (nSPS) is 11.3. The molecule has 184 valence electrons. The molecule has 2 aromatic heterocycles. The molecule has 2 N–H and O–H groups in total. The Labute approximate surface area is 213 Å². The predicted octanol–water partition coefficient (Wildman–Crippen LogP) is 2.78. The Balaban J connectivity index is 1.90. The molecule has 0 aliphatic carbocycles. The first kappa shape index (κ1) is 26.4. The molecule has 10 nitrogen and oxygen atoms in total. The van der Waals surface area contributed by atoms with Crippen molar-refractivity contribution < 1.29 is 9.59 Å². The zero-order chi connectivity index (χ0) is 26.1. The number of anilines is 1. The van der Waals surface area contributed by atoms with Gasteiger partial charge in [0.15, 0.2) is 5.78 Å². The van der Waals surface area contributed by atoms with Crippen molar-refractivity contribution in [3.05, 3.63) is 65.2 Å². The molecule has 3 aromatic rings. The quantitative estimate of drug-likeness (QED) is 0.368.